The second kappa shape index (κ2) is 7.55. The molecule has 110 valence electrons. The van der Waals surface area contributed by atoms with Crippen LogP contribution in [0.5, 0.6) is 0 Å². The number of benzene rings is 1. The predicted molar refractivity (Wildman–Crippen MR) is 85.8 cm³/mol. The standard InChI is InChI=1S/C14H18Cl2N2OS/c1-9(14(19)18-11-4-6-17-7-5-11)20-13-8-10(15)2-3-12(13)16/h2-3,8-9,11,17H,4-7H2,1H3,(H,18,19). The summed E-state index contributed by atoms with van der Waals surface area (Å²) in [6, 6.07) is 5.57. The normalized spacial score (nSPS) is 17.8. The average Bonchev–Trinajstić information content (AvgIpc) is 2.44. The Morgan fingerprint density at radius 1 is 1.40 bits per heavy atom. The van der Waals surface area contributed by atoms with Gasteiger partial charge in [0.25, 0.3) is 0 Å². The van der Waals surface area contributed by atoms with Crippen molar-refractivity contribution in [1.82, 2.24) is 10.6 Å². The third kappa shape index (κ3) is 4.55. The zero-order valence-electron chi connectivity index (χ0n) is 11.3. The molecule has 2 N–H and O–H groups in total. The van der Waals surface area contributed by atoms with Crippen molar-refractivity contribution in [2.75, 3.05) is 13.1 Å². The number of carbonyl (C=O) groups is 1. The summed E-state index contributed by atoms with van der Waals surface area (Å²) in [7, 11) is 0. The van der Waals surface area contributed by atoms with Crippen LogP contribution in [0.2, 0.25) is 10.0 Å². The highest BCUT2D eigenvalue weighted by atomic mass is 35.5. The van der Waals surface area contributed by atoms with Gasteiger partial charge in [0, 0.05) is 16.0 Å². The smallest absolute Gasteiger partial charge is 0.233 e. The molecule has 0 radical (unpaired) electrons. The van der Waals surface area contributed by atoms with Crippen LogP contribution in [0.1, 0.15) is 19.8 Å². The summed E-state index contributed by atoms with van der Waals surface area (Å²) in [5.41, 5.74) is 0. The van der Waals surface area contributed by atoms with E-state index in [0.717, 1.165) is 30.8 Å². The molecule has 20 heavy (non-hydrogen) atoms. The fourth-order valence-electron chi connectivity index (χ4n) is 2.10. The lowest BCUT2D eigenvalue weighted by Gasteiger charge is -2.25. The Kier molecular flexibility index (Phi) is 6.02. The first-order valence-corrected chi connectivity index (χ1v) is 8.32. The third-order valence-corrected chi connectivity index (χ3v) is 5.09. The number of carbonyl (C=O) groups excluding carboxylic acids is 1. The molecule has 1 aliphatic rings. The maximum absolute atomic E-state index is 12.2. The van der Waals surface area contributed by atoms with E-state index in [1.807, 2.05) is 6.92 Å². The molecule has 3 nitrogen and oxygen atoms in total. The van der Waals surface area contributed by atoms with Crippen molar-refractivity contribution in [2.45, 2.75) is 36.0 Å². The molecule has 6 heteroatoms. The first kappa shape index (κ1) is 16.0. The number of nitrogens with one attached hydrogen (secondary N) is 2. The molecule has 1 aliphatic heterocycles. The Bertz CT molecular complexity index is 478. The van der Waals surface area contributed by atoms with Crippen LogP contribution in [0, 0.1) is 0 Å². The summed E-state index contributed by atoms with van der Waals surface area (Å²) in [4.78, 5) is 13.0. The van der Waals surface area contributed by atoms with E-state index in [0.29, 0.717) is 10.0 Å². The number of thioether (sulfide) groups is 1. The number of hydrogen-bond acceptors (Lipinski definition) is 3. The Morgan fingerprint density at radius 2 is 2.10 bits per heavy atom. The van der Waals surface area contributed by atoms with E-state index in [1.54, 1.807) is 18.2 Å². The van der Waals surface area contributed by atoms with Crippen LogP contribution in [-0.2, 0) is 4.79 Å². The van der Waals surface area contributed by atoms with Crippen LogP contribution in [0.4, 0.5) is 0 Å². The monoisotopic (exact) mass is 332 g/mol. The van der Waals surface area contributed by atoms with E-state index in [1.165, 1.54) is 11.8 Å². The molecule has 1 saturated heterocycles. The van der Waals surface area contributed by atoms with Gasteiger partial charge in [-0.15, -0.1) is 11.8 Å². The van der Waals surface area contributed by atoms with E-state index >= 15 is 0 Å². The van der Waals surface area contributed by atoms with Crippen molar-refractivity contribution in [2.24, 2.45) is 0 Å². The van der Waals surface area contributed by atoms with Crippen molar-refractivity contribution in [3.05, 3.63) is 28.2 Å². The van der Waals surface area contributed by atoms with Crippen molar-refractivity contribution in [3.63, 3.8) is 0 Å². The molecule has 1 atom stereocenters. The average molecular weight is 333 g/mol. The third-order valence-electron chi connectivity index (χ3n) is 3.25. The van der Waals surface area contributed by atoms with Gasteiger partial charge in [-0.3, -0.25) is 4.79 Å². The minimum Gasteiger partial charge on any atom is -0.352 e. The second-order valence-corrected chi connectivity index (χ2v) is 7.09. The van der Waals surface area contributed by atoms with Gasteiger partial charge < -0.3 is 10.6 Å². The quantitative estimate of drug-likeness (QED) is 0.831. The van der Waals surface area contributed by atoms with Gasteiger partial charge in [0.2, 0.25) is 5.91 Å². The largest absolute Gasteiger partial charge is 0.352 e. The van der Waals surface area contributed by atoms with E-state index in [9.17, 15) is 4.79 Å². The molecule has 0 saturated carbocycles. The summed E-state index contributed by atoms with van der Waals surface area (Å²) in [5, 5.41) is 7.44. The van der Waals surface area contributed by atoms with Gasteiger partial charge in [0.05, 0.1) is 10.3 Å². The molecule has 1 heterocycles. The SMILES string of the molecule is CC(Sc1cc(Cl)ccc1Cl)C(=O)NC1CCNCC1. The van der Waals surface area contributed by atoms with Crippen LogP contribution in [0.25, 0.3) is 0 Å². The summed E-state index contributed by atoms with van der Waals surface area (Å²) in [6.07, 6.45) is 1.97. The maximum Gasteiger partial charge on any atom is 0.233 e. The highest BCUT2D eigenvalue weighted by Crippen LogP contribution is 2.32. The predicted octanol–water partition coefficient (Wildman–Crippen LogP) is 3.34. The van der Waals surface area contributed by atoms with Crippen molar-refractivity contribution >= 4 is 40.9 Å². The molecule has 0 bridgehead atoms. The van der Waals surface area contributed by atoms with Gasteiger partial charge in [0.1, 0.15) is 0 Å². The maximum atomic E-state index is 12.2. The summed E-state index contributed by atoms with van der Waals surface area (Å²) >= 11 is 13.5. The van der Waals surface area contributed by atoms with E-state index < -0.39 is 0 Å². The lowest BCUT2D eigenvalue weighted by atomic mass is 10.1. The zero-order chi connectivity index (χ0) is 14.5. The molecule has 1 unspecified atom stereocenters. The lowest BCUT2D eigenvalue weighted by molar-refractivity contribution is -0.121. The van der Waals surface area contributed by atoms with Gasteiger partial charge in [-0.1, -0.05) is 23.2 Å². The molecule has 1 aromatic carbocycles. The van der Waals surface area contributed by atoms with Gasteiger partial charge in [0.15, 0.2) is 0 Å². The second-order valence-electron chi connectivity index (χ2n) is 4.87. The molecule has 1 amide bonds. The van der Waals surface area contributed by atoms with Crippen LogP contribution in [-0.4, -0.2) is 30.3 Å². The fourth-order valence-corrected chi connectivity index (χ4v) is 3.52. The first-order valence-electron chi connectivity index (χ1n) is 6.69. The Hall–Kier alpha value is -0.420. The van der Waals surface area contributed by atoms with E-state index in [4.69, 9.17) is 23.2 Å². The molecule has 0 aromatic heterocycles. The molecule has 1 aromatic rings. The molecule has 1 fully saturated rings. The fraction of sp³-hybridized carbons (Fsp3) is 0.500. The van der Waals surface area contributed by atoms with E-state index in [2.05, 4.69) is 10.6 Å². The number of hydrogen-bond donors (Lipinski definition) is 2. The summed E-state index contributed by atoms with van der Waals surface area (Å²) < 4.78 is 0. The first-order chi connectivity index (χ1) is 9.56. The van der Waals surface area contributed by atoms with Crippen molar-refractivity contribution in [1.29, 1.82) is 0 Å². The summed E-state index contributed by atoms with van der Waals surface area (Å²) in [5.74, 6) is 0.0537. The number of halogens is 2. The van der Waals surface area contributed by atoms with Gasteiger partial charge in [-0.25, -0.2) is 0 Å². The Balaban J connectivity index is 1.91. The number of rotatable bonds is 4. The molecular weight excluding hydrogens is 315 g/mol. The highest BCUT2D eigenvalue weighted by Gasteiger charge is 2.20. The number of piperidine rings is 1. The summed E-state index contributed by atoms with van der Waals surface area (Å²) in [6.45, 7) is 3.82. The molecule has 2 rings (SSSR count). The van der Waals surface area contributed by atoms with Crippen LogP contribution >= 0.6 is 35.0 Å². The minimum atomic E-state index is -0.194. The molecule has 0 aliphatic carbocycles. The van der Waals surface area contributed by atoms with Gasteiger partial charge >= 0.3 is 0 Å². The van der Waals surface area contributed by atoms with Crippen molar-refractivity contribution in [3.8, 4) is 0 Å². The zero-order valence-corrected chi connectivity index (χ0v) is 13.6. The molecular formula is C14H18Cl2N2OS. The minimum absolute atomic E-state index is 0.0537. The molecule has 0 spiro atoms. The van der Waals surface area contributed by atoms with Gasteiger partial charge in [-0.05, 0) is 51.1 Å². The lowest BCUT2D eigenvalue weighted by Crippen LogP contribution is -2.45. The van der Waals surface area contributed by atoms with Gasteiger partial charge in [-0.2, -0.15) is 0 Å². The van der Waals surface area contributed by atoms with Crippen LogP contribution < -0.4 is 10.6 Å². The Morgan fingerprint density at radius 3 is 2.80 bits per heavy atom. The Labute approximate surface area is 133 Å². The van der Waals surface area contributed by atoms with Crippen LogP contribution in [0.15, 0.2) is 23.1 Å². The highest BCUT2D eigenvalue weighted by molar-refractivity contribution is 8.00. The van der Waals surface area contributed by atoms with E-state index in [-0.39, 0.29) is 17.2 Å². The number of amides is 1. The topological polar surface area (TPSA) is 41.1 Å². The van der Waals surface area contributed by atoms with Crippen LogP contribution in [0.3, 0.4) is 0 Å². The van der Waals surface area contributed by atoms with Crippen molar-refractivity contribution < 1.29 is 4.79 Å².